The smallest absolute Gasteiger partial charge is 0.338 e. The second kappa shape index (κ2) is 5.70. The number of hydrogen-bond acceptors (Lipinski definition) is 4. The molecule has 0 bridgehead atoms. The average molecular weight is 219 g/mol. The van der Waals surface area contributed by atoms with Crippen LogP contribution in [0.1, 0.15) is 15.9 Å². The van der Waals surface area contributed by atoms with Crippen LogP contribution in [0.3, 0.4) is 0 Å². The van der Waals surface area contributed by atoms with Crippen LogP contribution >= 0.6 is 0 Å². The van der Waals surface area contributed by atoms with E-state index in [2.05, 4.69) is 6.58 Å². The second-order valence-corrected chi connectivity index (χ2v) is 3.13. The Morgan fingerprint density at radius 1 is 1.31 bits per heavy atom. The standard InChI is InChI=1S/C12H12O4/c1-2-7-16-12(15)10-5-3-9(4-6-10)8-11(13)14/h2-6H,1,7-8H2,(H,13,14)/p-1. The third kappa shape index (κ3) is 3.57. The summed E-state index contributed by atoms with van der Waals surface area (Å²) in [5.41, 5.74) is 0.962. The van der Waals surface area contributed by atoms with Gasteiger partial charge in [0.25, 0.3) is 0 Å². The van der Waals surface area contributed by atoms with Crippen molar-refractivity contribution in [3.63, 3.8) is 0 Å². The number of esters is 1. The minimum absolute atomic E-state index is 0.152. The molecular weight excluding hydrogens is 208 g/mol. The Kier molecular flexibility index (Phi) is 4.27. The molecule has 1 aromatic carbocycles. The van der Waals surface area contributed by atoms with Crippen LogP contribution in [-0.2, 0) is 16.0 Å². The molecule has 0 spiro atoms. The maximum atomic E-state index is 11.3. The quantitative estimate of drug-likeness (QED) is 0.528. The van der Waals surface area contributed by atoms with Gasteiger partial charge >= 0.3 is 5.97 Å². The first-order chi connectivity index (χ1) is 7.63. The van der Waals surface area contributed by atoms with E-state index in [9.17, 15) is 14.7 Å². The molecule has 84 valence electrons. The molecule has 0 aliphatic carbocycles. The normalized spacial score (nSPS) is 9.50. The largest absolute Gasteiger partial charge is 0.550 e. The molecule has 4 heteroatoms. The molecule has 0 saturated heterocycles. The summed E-state index contributed by atoms with van der Waals surface area (Å²) in [6, 6.07) is 6.15. The zero-order valence-corrected chi connectivity index (χ0v) is 8.64. The summed E-state index contributed by atoms with van der Waals surface area (Å²) >= 11 is 0. The van der Waals surface area contributed by atoms with E-state index in [-0.39, 0.29) is 13.0 Å². The van der Waals surface area contributed by atoms with Crippen molar-refractivity contribution in [2.45, 2.75) is 6.42 Å². The third-order valence-corrected chi connectivity index (χ3v) is 1.87. The molecule has 0 unspecified atom stereocenters. The topological polar surface area (TPSA) is 66.4 Å². The molecule has 0 aromatic heterocycles. The van der Waals surface area contributed by atoms with E-state index < -0.39 is 11.9 Å². The highest BCUT2D eigenvalue weighted by atomic mass is 16.5. The van der Waals surface area contributed by atoms with Gasteiger partial charge in [-0.15, -0.1) is 0 Å². The van der Waals surface area contributed by atoms with Crippen molar-refractivity contribution in [3.8, 4) is 0 Å². The SMILES string of the molecule is C=CCOC(=O)c1ccc(CC(=O)[O-])cc1. The van der Waals surface area contributed by atoms with Gasteiger partial charge in [0.15, 0.2) is 0 Å². The molecule has 1 rings (SSSR count). The average Bonchev–Trinajstić information content (AvgIpc) is 2.26. The van der Waals surface area contributed by atoms with Gasteiger partial charge in [0.1, 0.15) is 6.61 Å². The van der Waals surface area contributed by atoms with Crippen LogP contribution in [0.25, 0.3) is 0 Å². The van der Waals surface area contributed by atoms with Gasteiger partial charge < -0.3 is 14.6 Å². The van der Waals surface area contributed by atoms with Gasteiger partial charge in [0.05, 0.1) is 5.56 Å². The molecule has 0 atom stereocenters. The first-order valence-electron chi connectivity index (χ1n) is 4.70. The van der Waals surface area contributed by atoms with Crippen molar-refractivity contribution in [3.05, 3.63) is 48.0 Å². The number of carbonyl (C=O) groups excluding carboxylic acids is 2. The first kappa shape index (κ1) is 12.0. The van der Waals surface area contributed by atoms with Crippen LogP contribution in [0.5, 0.6) is 0 Å². The molecule has 0 heterocycles. The van der Waals surface area contributed by atoms with Crippen LogP contribution in [0.15, 0.2) is 36.9 Å². The third-order valence-electron chi connectivity index (χ3n) is 1.87. The molecule has 0 N–H and O–H groups in total. The number of rotatable bonds is 5. The minimum Gasteiger partial charge on any atom is -0.550 e. The molecule has 0 fully saturated rings. The lowest BCUT2D eigenvalue weighted by Crippen LogP contribution is -2.24. The van der Waals surface area contributed by atoms with E-state index >= 15 is 0 Å². The summed E-state index contributed by atoms with van der Waals surface area (Å²) < 4.78 is 4.81. The van der Waals surface area contributed by atoms with Gasteiger partial charge in [0, 0.05) is 12.4 Å². The van der Waals surface area contributed by atoms with Crippen molar-refractivity contribution < 1.29 is 19.4 Å². The molecule has 0 saturated carbocycles. The van der Waals surface area contributed by atoms with Crippen molar-refractivity contribution in [2.75, 3.05) is 6.61 Å². The molecule has 16 heavy (non-hydrogen) atoms. The summed E-state index contributed by atoms with van der Waals surface area (Å²) in [5.74, 6) is -1.61. The summed E-state index contributed by atoms with van der Waals surface area (Å²) in [7, 11) is 0. The number of ether oxygens (including phenoxy) is 1. The number of carbonyl (C=O) groups is 2. The minimum atomic E-state index is -1.15. The number of benzene rings is 1. The number of carboxylic acids is 1. The van der Waals surface area contributed by atoms with E-state index in [0.717, 1.165) is 0 Å². The van der Waals surface area contributed by atoms with E-state index in [0.29, 0.717) is 11.1 Å². The van der Waals surface area contributed by atoms with Crippen molar-refractivity contribution in [1.82, 2.24) is 0 Å². The van der Waals surface area contributed by atoms with Crippen molar-refractivity contribution in [1.29, 1.82) is 0 Å². The van der Waals surface area contributed by atoms with E-state index in [1.54, 1.807) is 12.1 Å². The van der Waals surface area contributed by atoms with Gasteiger partial charge in [-0.25, -0.2) is 4.79 Å². The van der Waals surface area contributed by atoms with Crippen molar-refractivity contribution in [2.24, 2.45) is 0 Å². The van der Waals surface area contributed by atoms with Crippen LogP contribution < -0.4 is 5.11 Å². The lowest BCUT2D eigenvalue weighted by Gasteiger charge is -2.04. The fraction of sp³-hybridized carbons (Fsp3) is 0.167. The zero-order valence-electron chi connectivity index (χ0n) is 8.64. The Hall–Kier alpha value is -2.10. The maximum absolute atomic E-state index is 11.3. The van der Waals surface area contributed by atoms with E-state index in [1.165, 1.54) is 18.2 Å². The molecule has 0 amide bonds. The predicted octanol–water partition coefficient (Wildman–Crippen LogP) is 0.322. The highest BCUT2D eigenvalue weighted by molar-refractivity contribution is 5.89. The van der Waals surface area contributed by atoms with Crippen LogP contribution in [0, 0.1) is 0 Å². The summed E-state index contributed by atoms with van der Waals surface area (Å²) in [6.07, 6.45) is 1.31. The number of aliphatic carboxylic acids is 1. The van der Waals surface area contributed by atoms with Crippen LogP contribution in [-0.4, -0.2) is 18.5 Å². The van der Waals surface area contributed by atoms with E-state index in [1.807, 2.05) is 0 Å². The van der Waals surface area contributed by atoms with Gasteiger partial charge in [-0.1, -0.05) is 24.8 Å². The summed E-state index contributed by atoms with van der Waals surface area (Å²) in [6.45, 7) is 3.58. The van der Waals surface area contributed by atoms with Crippen molar-refractivity contribution >= 4 is 11.9 Å². The van der Waals surface area contributed by atoms with Gasteiger partial charge in [-0.05, 0) is 17.7 Å². The van der Waals surface area contributed by atoms with Gasteiger partial charge in [-0.3, -0.25) is 0 Å². The maximum Gasteiger partial charge on any atom is 0.338 e. The summed E-state index contributed by atoms with van der Waals surface area (Å²) in [4.78, 5) is 21.7. The van der Waals surface area contributed by atoms with Crippen LogP contribution in [0.2, 0.25) is 0 Å². The summed E-state index contributed by atoms with van der Waals surface area (Å²) in [5, 5.41) is 10.3. The Bertz CT molecular complexity index is 392. The molecule has 1 aromatic rings. The fourth-order valence-corrected chi connectivity index (χ4v) is 1.14. The lowest BCUT2D eigenvalue weighted by atomic mass is 10.1. The molecule has 0 aliphatic heterocycles. The molecule has 0 aliphatic rings. The Balaban J connectivity index is 2.66. The highest BCUT2D eigenvalue weighted by Crippen LogP contribution is 2.06. The fourth-order valence-electron chi connectivity index (χ4n) is 1.14. The Morgan fingerprint density at radius 3 is 2.44 bits per heavy atom. The molecule has 0 radical (unpaired) electrons. The number of carboxylic acid groups (broad SMARTS) is 1. The molecular formula is C12H11O4-. The monoisotopic (exact) mass is 219 g/mol. The lowest BCUT2D eigenvalue weighted by molar-refractivity contribution is -0.304. The van der Waals surface area contributed by atoms with E-state index in [4.69, 9.17) is 4.74 Å². The Morgan fingerprint density at radius 2 is 1.94 bits per heavy atom. The predicted molar refractivity (Wildman–Crippen MR) is 55.6 cm³/mol. The zero-order chi connectivity index (χ0) is 12.0. The first-order valence-corrected chi connectivity index (χ1v) is 4.70. The Labute approximate surface area is 93.2 Å². The van der Waals surface area contributed by atoms with Gasteiger partial charge in [0.2, 0.25) is 0 Å². The van der Waals surface area contributed by atoms with Crippen LogP contribution in [0.4, 0.5) is 0 Å². The highest BCUT2D eigenvalue weighted by Gasteiger charge is 2.05. The van der Waals surface area contributed by atoms with Gasteiger partial charge in [-0.2, -0.15) is 0 Å². The molecule has 4 nitrogen and oxygen atoms in total. The second-order valence-electron chi connectivity index (χ2n) is 3.13. The number of hydrogen-bond donors (Lipinski definition) is 0.